The van der Waals surface area contributed by atoms with Crippen molar-refractivity contribution in [3.05, 3.63) is 81.3 Å². The van der Waals surface area contributed by atoms with Gasteiger partial charge in [-0.05, 0) is 38.1 Å². The van der Waals surface area contributed by atoms with Crippen LogP contribution in [-0.2, 0) is 4.79 Å². The van der Waals surface area contributed by atoms with E-state index in [-0.39, 0.29) is 5.57 Å². The number of para-hydroxylation sites is 2. The molecule has 1 unspecified atom stereocenters. The van der Waals surface area contributed by atoms with Crippen molar-refractivity contribution < 1.29 is 19.4 Å². The summed E-state index contributed by atoms with van der Waals surface area (Å²) in [7, 11) is 1.50. The number of nitrogens with zero attached hydrogens (tertiary/aromatic N) is 3. The van der Waals surface area contributed by atoms with Gasteiger partial charge in [0.25, 0.3) is 5.91 Å². The van der Waals surface area contributed by atoms with Gasteiger partial charge in [0.05, 0.1) is 39.6 Å². The number of carbonyl (C=O) groups is 2. The first-order valence-corrected chi connectivity index (χ1v) is 10.0. The molecule has 0 aliphatic carbocycles. The zero-order valence-electron chi connectivity index (χ0n) is 16.6. The fourth-order valence-corrected chi connectivity index (χ4v) is 4.47. The molecule has 1 atom stereocenters. The molecule has 4 rings (SSSR count). The molecular weight excluding hydrogens is 402 g/mol. The lowest BCUT2D eigenvalue weighted by Crippen LogP contribution is -2.31. The lowest BCUT2D eigenvalue weighted by atomic mass is 9.98. The predicted molar refractivity (Wildman–Crippen MR) is 113 cm³/mol. The summed E-state index contributed by atoms with van der Waals surface area (Å²) >= 11 is 1.23. The molecule has 2 aromatic heterocycles. The minimum atomic E-state index is -0.899. The average Bonchev–Trinajstić information content (AvgIpc) is 3.23. The fraction of sp³-hybridized carbons (Fsp3) is 0.182. The maximum absolute atomic E-state index is 13.5. The first-order chi connectivity index (χ1) is 14.4. The quantitative estimate of drug-likeness (QED) is 0.627. The summed E-state index contributed by atoms with van der Waals surface area (Å²) < 4.78 is 5.42. The molecule has 152 valence electrons. The maximum Gasteiger partial charge on any atom is 0.294 e. The number of Topliss-reactive ketones (excluding diaryl/α,β-unsaturated/α-hetero) is 1. The third kappa shape index (κ3) is 3.15. The number of aryl methyl sites for hydroxylation is 2. The Morgan fingerprint density at radius 3 is 2.53 bits per heavy atom. The number of ketones is 1. The molecule has 1 N–H and O–H groups in total. The van der Waals surface area contributed by atoms with Crippen molar-refractivity contribution in [1.29, 1.82) is 0 Å². The molecule has 0 saturated carbocycles. The second kappa shape index (κ2) is 7.72. The number of carbonyl (C=O) groups excluding carboxylic acids is 2. The number of amides is 1. The third-order valence-electron chi connectivity index (χ3n) is 4.88. The van der Waals surface area contributed by atoms with Crippen LogP contribution < -0.4 is 9.64 Å². The lowest BCUT2D eigenvalue weighted by molar-refractivity contribution is -0.117. The first-order valence-electron chi connectivity index (χ1n) is 9.23. The van der Waals surface area contributed by atoms with Crippen LogP contribution in [0.15, 0.2) is 60.0 Å². The highest BCUT2D eigenvalue weighted by atomic mass is 32.1. The molecule has 30 heavy (non-hydrogen) atoms. The van der Waals surface area contributed by atoms with Crippen LogP contribution in [0.25, 0.3) is 0 Å². The Morgan fingerprint density at radius 2 is 1.90 bits per heavy atom. The van der Waals surface area contributed by atoms with Crippen molar-refractivity contribution in [2.45, 2.75) is 19.9 Å². The molecule has 1 aliphatic rings. The Kier molecular flexibility index (Phi) is 5.09. The number of hydrogen-bond donors (Lipinski definition) is 1. The summed E-state index contributed by atoms with van der Waals surface area (Å²) in [5, 5.41) is 11.5. The number of aromatic nitrogens is 2. The van der Waals surface area contributed by atoms with E-state index in [1.165, 1.54) is 23.3 Å². The van der Waals surface area contributed by atoms with E-state index >= 15 is 0 Å². The van der Waals surface area contributed by atoms with E-state index in [9.17, 15) is 14.7 Å². The number of rotatable bonds is 5. The predicted octanol–water partition coefficient (Wildman–Crippen LogP) is 3.95. The standard InChI is InChI=1S/C22H19N3O4S/c1-12-21(30-13(2)24-12)19(26)17-18(14-8-6-7-11-23-14)25(22(28)20(17)27)15-9-4-5-10-16(15)29-3/h4-11,18,27H,1-3H3. The van der Waals surface area contributed by atoms with Gasteiger partial charge in [-0.25, -0.2) is 4.98 Å². The Balaban J connectivity index is 1.91. The minimum absolute atomic E-state index is 0.0173. The second-order valence-electron chi connectivity index (χ2n) is 6.74. The van der Waals surface area contributed by atoms with E-state index in [1.54, 1.807) is 62.5 Å². The van der Waals surface area contributed by atoms with Crippen LogP contribution in [-0.4, -0.2) is 33.9 Å². The van der Waals surface area contributed by atoms with Gasteiger partial charge in [0.15, 0.2) is 5.76 Å². The number of pyridine rings is 1. The minimum Gasteiger partial charge on any atom is -0.503 e. The lowest BCUT2D eigenvalue weighted by Gasteiger charge is -2.27. The van der Waals surface area contributed by atoms with Crippen LogP contribution >= 0.6 is 11.3 Å². The van der Waals surface area contributed by atoms with Crippen molar-refractivity contribution in [2.75, 3.05) is 12.0 Å². The van der Waals surface area contributed by atoms with Gasteiger partial charge in [0.2, 0.25) is 5.78 Å². The number of anilines is 1. The highest BCUT2D eigenvalue weighted by molar-refractivity contribution is 7.14. The summed E-state index contributed by atoms with van der Waals surface area (Å²) in [4.78, 5) is 37.1. The molecule has 1 amide bonds. The van der Waals surface area contributed by atoms with Gasteiger partial charge >= 0.3 is 0 Å². The molecule has 3 aromatic rings. The molecule has 0 radical (unpaired) electrons. The first kappa shape index (κ1) is 19.8. The number of aliphatic hydroxyl groups excluding tert-OH is 1. The summed E-state index contributed by atoms with van der Waals surface area (Å²) in [6.45, 7) is 3.54. The van der Waals surface area contributed by atoms with E-state index in [2.05, 4.69) is 9.97 Å². The van der Waals surface area contributed by atoms with Gasteiger partial charge in [-0.15, -0.1) is 11.3 Å². The van der Waals surface area contributed by atoms with Crippen LogP contribution in [0.3, 0.4) is 0 Å². The second-order valence-corrected chi connectivity index (χ2v) is 7.95. The maximum atomic E-state index is 13.5. The van der Waals surface area contributed by atoms with Crippen molar-refractivity contribution in [3.8, 4) is 5.75 Å². The van der Waals surface area contributed by atoms with Crippen LogP contribution in [0.5, 0.6) is 5.75 Å². The fourth-order valence-electron chi connectivity index (χ4n) is 3.60. The summed E-state index contributed by atoms with van der Waals surface area (Å²) in [5.74, 6) is -1.26. The van der Waals surface area contributed by atoms with Gasteiger partial charge in [-0.1, -0.05) is 18.2 Å². The van der Waals surface area contributed by atoms with Crippen molar-refractivity contribution in [1.82, 2.24) is 9.97 Å². The van der Waals surface area contributed by atoms with Crippen LogP contribution in [0.2, 0.25) is 0 Å². The number of hydrogen-bond acceptors (Lipinski definition) is 7. The highest BCUT2D eigenvalue weighted by Gasteiger charge is 2.46. The molecule has 0 spiro atoms. The molecular formula is C22H19N3O4S. The molecule has 8 heteroatoms. The van der Waals surface area contributed by atoms with Crippen LogP contribution in [0.1, 0.15) is 32.1 Å². The van der Waals surface area contributed by atoms with Crippen LogP contribution in [0.4, 0.5) is 5.69 Å². The molecule has 7 nitrogen and oxygen atoms in total. The normalized spacial score (nSPS) is 16.3. The summed E-state index contributed by atoms with van der Waals surface area (Å²) in [5.41, 5.74) is 1.44. The highest BCUT2D eigenvalue weighted by Crippen LogP contribution is 2.44. The van der Waals surface area contributed by atoms with Crippen molar-refractivity contribution in [2.24, 2.45) is 0 Å². The molecule has 3 heterocycles. The van der Waals surface area contributed by atoms with Gasteiger partial charge in [0.1, 0.15) is 11.8 Å². The monoisotopic (exact) mass is 421 g/mol. The van der Waals surface area contributed by atoms with E-state index < -0.39 is 23.5 Å². The van der Waals surface area contributed by atoms with Gasteiger partial charge in [-0.2, -0.15) is 0 Å². The summed E-state index contributed by atoms with van der Waals surface area (Å²) in [6.07, 6.45) is 1.58. The molecule has 0 fully saturated rings. The molecule has 1 aliphatic heterocycles. The van der Waals surface area contributed by atoms with Crippen molar-refractivity contribution in [3.63, 3.8) is 0 Å². The van der Waals surface area contributed by atoms with Crippen LogP contribution in [0, 0.1) is 13.8 Å². The van der Waals surface area contributed by atoms with Gasteiger partial charge < -0.3 is 9.84 Å². The van der Waals surface area contributed by atoms with E-state index in [1.807, 2.05) is 0 Å². The van der Waals surface area contributed by atoms with E-state index in [0.29, 0.717) is 27.7 Å². The zero-order valence-corrected chi connectivity index (χ0v) is 17.4. The number of methoxy groups -OCH3 is 1. The Bertz CT molecular complexity index is 1170. The zero-order chi connectivity index (χ0) is 21.4. The van der Waals surface area contributed by atoms with E-state index in [4.69, 9.17) is 4.74 Å². The van der Waals surface area contributed by atoms with Gasteiger partial charge in [-0.3, -0.25) is 19.5 Å². The SMILES string of the molecule is COc1ccccc1N1C(=O)C(O)=C(C(=O)c2sc(C)nc2C)C1c1ccccn1. The van der Waals surface area contributed by atoms with Gasteiger partial charge in [0, 0.05) is 6.20 Å². The number of aliphatic hydroxyl groups is 1. The largest absolute Gasteiger partial charge is 0.503 e. The number of thiazole rings is 1. The third-order valence-corrected chi connectivity index (χ3v) is 5.95. The summed E-state index contributed by atoms with van der Waals surface area (Å²) in [6, 6.07) is 11.3. The smallest absolute Gasteiger partial charge is 0.294 e. The van der Waals surface area contributed by atoms with E-state index in [0.717, 1.165) is 5.01 Å². The number of ether oxygens (including phenoxy) is 1. The Hall–Kier alpha value is -3.52. The topological polar surface area (TPSA) is 92.6 Å². The average molecular weight is 421 g/mol. The molecule has 0 bridgehead atoms. The Labute approximate surface area is 177 Å². The number of benzene rings is 1. The molecule has 0 saturated heterocycles. The van der Waals surface area contributed by atoms with Crippen molar-refractivity contribution >= 4 is 28.7 Å². The Morgan fingerprint density at radius 1 is 1.17 bits per heavy atom. The molecule has 1 aromatic carbocycles.